The molecular formula is C16H22N4O. The lowest BCUT2D eigenvalue weighted by Gasteiger charge is -2.06. The van der Waals surface area contributed by atoms with Gasteiger partial charge in [0.25, 0.3) is 0 Å². The molecule has 0 saturated heterocycles. The number of amides is 1. The van der Waals surface area contributed by atoms with E-state index in [9.17, 15) is 4.79 Å². The second kappa shape index (κ2) is 6.26. The predicted octanol–water partition coefficient (Wildman–Crippen LogP) is 2.44. The highest BCUT2D eigenvalue weighted by Gasteiger charge is 2.14. The molecule has 0 saturated carbocycles. The van der Waals surface area contributed by atoms with Crippen molar-refractivity contribution in [2.45, 2.75) is 45.1 Å². The third kappa shape index (κ3) is 3.08. The molecule has 1 aromatic heterocycles. The monoisotopic (exact) mass is 286 g/mol. The molecule has 5 heteroatoms. The molecule has 1 aromatic carbocycles. The molecule has 21 heavy (non-hydrogen) atoms. The molecule has 0 spiro atoms. The molecule has 2 aromatic rings. The second-order valence-electron chi connectivity index (χ2n) is 5.63. The maximum absolute atomic E-state index is 11.8. The lowest BCUT2D eigenvalue weighted by atomic mass is 10.2. The van der Waals surface area contributed by atoms with E-state index in [1.165, 1.54) is 30.6 Å². The average molecular weight is 286 g/mol. The van der Waals surface area contributed by atoms with E-state index in [1.54, 1.807) is 0 Å². The number of hydrogen-bond donors (Lipinski definition) is 2. The fourth-order valence-corrected chi connectivity index (χ4v) is 2.91. The number of aromatic nitrogens is 2. The van der Waals surface area contributed by atoms with E-state index < -0.39 is 0 Å². The molecule has 0 radical (unpaired) electrons. The van der Waals surface area contributed by atoms with Gasteiger partial charge in [0.2, 0.25) is 5.91 Å². The van der Waals surface area contributed by atoms with E-state index in [4.69, 9.17) is 10.7 Å². The minimum atomic E-state index is 0.0144. The van der Waals surface area contributed by atoms with Crippen molar-refractivity contribution < 1.29 is 4.79 Å². The Bertz CT molecular complexity index is 647. The van der Waals surface area contributed by atoms with Gasteiger partial charge in [0.1, 0.15) is 5.82 Å². The summed E-state index contributed by atoms with van der Waals surface area (Å²) in [7, 11) is 0. The van der Waals surface area contributed by atoms with Gasteiger partial charge in [-0.1, -0.05) is 6.42 Å². The second-order valence-corrected chi connectivity index (χ2v) is 5.63. The van der Waals surface area contributed by atoms with Crippen LogP contribution >= 0.6 is 0 Å². The number of hydrogen-bond acceptors (Lipinski definition) is 3. The number of nitrogens with two attached hydrogens (primary N) is 1. The third-order valence-electron chi connectivity index (χ3n) is 4.00. The molecule has 1 amide bonds. The Balaban J connectivity index is 1.82. The van der Waals surface area contributed by atoms with Crippen LogP contribution in [0.2, 0.25) is 0 Å². The molecule has 0 fully saturated rings. The standard InChI is InChI=1S/C16H22N4O/c17-9-4-6-16(21)18-12-7-8-14-13(11-12)19-15-5-2-1-3-10-20(14)15/h7-8,11H,1-6,9-10,17H2,(H,18,21). The number of aryl methyl sites for hydroxylation is 2. The van der Waals surface area contributed by atoms with Crippen LogP contribution in [-0.4, -0.2) is 22.0 Å². The van der Waals surface area contributed by atoms with E-state index in [0.29, 0.717) is 19.4 Å². The molecule has 3 rings (SSSR count). The Labute approximate surface area is 124 Å². The number of fused-ring (bicyclic) bond motifs is 3. The van der Waals surface area contributed by atoms with Crippen LogP contribution in [0, 0.1) is 0 Å². The van der Waals surface area contributed by atoms with E-state index >= 15 is 0 Å². The summed E-state index contributed by atoms with van der Waals surface area (Å²) >= 11 is 0. The third-order valence-corrected chi connectivity index (χ3v) is 4.00. The van der Waals surface area contributed by atoms with Crippen LogP contribution in [0.5, 0.6) is 0 Å². The summed E-state index contributed by atoms with van der Waals surface area (Å²) < 4.78 is 2.32. The maximum Gasteiger partial charge on any atom is 0.224 e. The van der Waals surface area contributed by atoms with Crippen molar-refractivity contribution in [2.75, 3.05) is 11.9 Å². The number of benzene rings is 1. The highest BCUT2D eigenvalue weighted by atomic mass is 16.1. The van der Waals surface area contributed by atoms with E-state index in [1.807, 2.05) is 12.1 Å². The van der Waals surface area contributed by atoms with E-state index in [2.05, 4.69) is 16.0 Å². The topological polar surface area (TPSA) is 72.9 Å². The van der Waals surface area contributed by atoms with Gasteiger partial charge in [-0.3, -0.25) is 4.79 Å². The van der Waals surface area contributed by atoms with E-state index in [-0.39, 0.29) is 5.91 Å². The fourth-order valence-electron chi connectivity index (χ4n) is 2.91. The van der Waals surface area contributed by atoms with Crippen molar-refractivity contribution in [3.63, 3.8) is 0 Å². The van der Waals surface area contributed by atoms with Gasteiger partial charge in [-0.2, -0.15) is 0 Å². The van der Waals surface area contributed by atoms with Crippen LogP contribution in [0.4, 0.5) is 5.69 Å². The minimum Gasteiger partial charge on any atom is -0.330 e. The SMILES string of the molecule is NCCCC(=O)Nc1ccc2c(c1)nc1n2CCCCC1. The van der Waals surface area contributed by atoms with E-state index in [0.717, 1.165) is 24.2 Å². The fraction of sp³-hybridized carbons (Fsp3) is 0.500. The molecule has 0 atom stereocenters. The summed E-state index contributed by atoms with van der Waals surface area (Å²) in [5.74, 6) is 1.19. The number of rotatable bonds is 4. The lowest BCUT2D eigenvalue weighted by Crippen LogP contribution is -2.13. The Morgan fingerprint density at radius 3 is 3.10 bits per heavy atom. The lowest BCUT2D eigenvalue weighted by molar-refractivity contribution is -0.116. The van der Waals surface area contributed by atoms with Crippen molar-refractivity contribution in [3.8, 4) is 0 Å². The van der Waals surface area contributed by atoms with Crippen LogP contribution in [0.3, 0.4) is 0 Å². The average Bonchev–Trinajstić information content (AvgIpc) is 2.66. The molecule has 112 valence electrons. The summed E-state index contributed by atoms with van der Waals surface area (Å²) in [4.78, 5) is 16.5. The molecule has 2 heterocycles. The molecule has 1 aliphatic heterocycles. The highest BCUT2D eigenvalue weighted by Crippen LogP contribution is 2.24. The molecule has 0 unspecified atom stereocenters. The number of nitrogens with zero attached hydrogens (tertiary/aromatic N) is 2. The molecule has 1 aliphatic rings. The molecule has 3 N–H and O–H groups in total. The first-order valence-electron chi connectivity index (χ1n) is 7.77. The zero-order chi connectivity index (χ0) is 14.7. The van der Waals surface area contributed by atoms with Gasteiger partial charge in [0, 0.05) is 25.1 Å². The highest BCUT2D eigenvalue weighted by molar-refractivity contribution is 5.93. The summed E-state index contributed by atoms with van der Waals surface area (Å²) in [6.45, 7) is 1.59. The van der Waals surface area contributed by atoms with Crippen LogP contribution in [0.15, 0.2) is 18.2 Å². The van der Waals surface area contributed by atoms with Crippen LogP contribution in [0.1, 0.15) is 37.9 Å². The van der Waals surface area contributed by atoms with Crippen molar-refractivity contribution in [1.82, 2.24) is 9.55 Å². The van der Waals surface area contributed by atoms with Gasteiger partial charge in [-0.05, 0) is 44.0 Å². The summed E-state index contributed by atoms with van der Waals surface area (Å²) in [5.41, 5.74) is 8.39. The first-order valence-corrected chi connectivity index (χ1v) is 7.77. The zero-order valence-electron chi connectivity index (χ0n) is 12.3. The van der Waals surface area contributed by atoms with Gasteiger partial charge in [-0.25, -0.2) is 4.98 Å². The van der Waals surface area contributed by atoms with Gasteiger partial charge in [0.05, 0.1) is 11.0 Å². The van der Waals surface area contributed by atoms with Gasteiger partial charge in [0.15, 0.2) is 0 Å². The van der Waals surface area contributed by atoms with Crippen molar-refractivity contribution in [2.24, 2.45) is 5.73 Å². The normalized spacial score (nSPS) is 14.7. The smallest absolute Gasteiger partial charge is 0.224 e. The Morgan fingerprint density at radius 1 is 1.33 bits per heavy atom. The summed E-state index contributed by atoms with van der Waals surface area (Å²) in [5, 5.41) is 2.92. The van der Waals surface area contributed by atoms with Gasteiger partial charge < -0.3 is 15.6 Å². The zero-order valence-corrected chi connectivity index (χ0v) is 12.3. The number of imidazole rings is 1. The first kappa shape index (κ1) is 14.1. The van der Waals surface area contributed by atoms with Gasteiger partial charge in [-0.15, -0.1) is 0 Å². The van der Waals surface area contributed by atoms with Crippen molar-refractivity contribution >= 4 is 22.6 Å². The minimum absolute atomic E-state index is 0.0144. The Hall–Kier alpha value is -1.88. The molecule has 0 bridgehead atoms. The molecule has 0 aliphatic carbocycles. The largest absolute Gasteiger partial charge is 0.330 e. The van der Waals surface area contributed by atoms with Crippen LogP contribution in [-0.2, 0) is 17.8 Å². The molecule has 5 nitrogen and oxygen atoms in total. The Morgan fingerprint density at radius 2 is 2.24 bits per heavy atom. The maximum atomic E-state index is 11.8. The molecular weight excluding hydrogens is 264 g/mol. The quantitative estimate of drug-likeness (QED) is 0.906. The van der Waals surface area contributed by atoms with Crippen molar-refractivity contribution in [1.29, 1.82) is 0 Å². The Kier molecular flexibility index (Phi) is 4.20. The van der Waals surface area contributed by atoms with Gasteiger partial charge >= 0.3 is 0 Å². The van der Waals surface area contributed by atoms with Crippen LogP contribution in [0.25, 0.3) is 11.0 Å². The number of nitrogens with one attached hydrogen (secondary N) is 1. The summed E-state index contributed by atoms with van der Waals surface area (Å²) in [6.07, 6.45) is 5.94. The number of anilines is 1. The number of carbonyl (C=O) groups is 1. The number of carbonyl (C=O) groups excluding carboxylic acids is 1. The van der Waals surface area contributed by atoms with Crippen molar-refractivity contribution in [3.05, 3.63) is 24.0 Å². The summed E-state index contributed by atoms with van der Waals surface area (Å²) in [6, 6.07) is 6.00. The van der Waals surface area contributed by atoms with Crippen LogP contribution < -0.4 is 11.1 Å². The first-order chi connectivity index (χ1) is 10.3. The predicted molar refractivity (Wildman–Crippen MR) is 84.2 cm³/mol.